The maximum Gasteiger partial charge on any atom is 0.416 e. The number of H-pyrrole nitrogens is 1. The van der Waals surface area contributed by atoms with Gasteiger partial charge in [-0.05, 0) is 35.9 Å². The van der Waals surface area contributed by atoms with Crippen molar-refractivity contribution in [2.45, 2.75) is 25.4 Å². The van der Waals surface area contributed by atoms with Crippen LogP contribution >= 0.6 is 0 Å². The summed E-state index contributed by atoms with van der Waals surface area (Å²) in [6, 6.07) is 7.41. The summed E-state index contributed by atoms with van der Waals surface area (Å²) in [7, 11) is 0. The van der Waals surface area contributed by atoms with Crippen molar-refractivity contribution in [2.75, 3.05) is 0 Å². The number of aromatic nitrogens is 5. The van der Waals surface area contributed by atoms with Crippen molar-refractivity contribution in [2.24, 2.45) is 0 Å². The average molecular weight is 403 g/mol. The van der Waals surface area contributed by atoms with Crippen LogP contribution in [0.5, 0.6) is 0 Å². The molecule has 6 nitrogen and oxygen atoms in total. The van der Waals surface area contributed by atoms with Crippen LogP contribution in [0.1, 0.15) is 5.69 Å². The van der Waals surface area contributed by atoms with Crippen LogP contribution in [0.3, 0.4) is 0 Å². The molecule has 10 heteroatoms. The Bertz CT molecular complexity index is 1200. The van der Waals surface area contributed by atoms with Crippen LogP contribution in [0.4, 0.5) is 17.6 Å². The molecule has 148 valence electrons. The lowest BCUT2D eigenvalue weighted by molar-refractivity contribution is -0.234. The predicted molar refractivity (Wildman–Crippen MR) is 95.1 cm³/mol. The summed E-state index contributed by atoms with van der Waals surface area (Å²) in [4.78, 5) is 4.21. The number of nitrogens with one attached hydrogen (secondary N) is 1. The summed E-state index contributed by atoms with van der Waals surface area (Å²) in [5.41, 5.74) is 3.40. The van der Waals surface area contributed by atoms with Gasteiger partial charge in [0.15, 0.2) is 11.8 Å². The molecule has 1 aliphatic heterocycles. The molecule has 5 rings (SSSR count). The molecule has 0 amide bonds. The van der Waals surface area contributed by atoms with E-state index in [9.17, 15) is 17.6 Å². The van der Waals surface area contributed by atoms with Crippen molar-refractivity contribution < 1.29 is 22.3 Å². The van der Waals surface area contributed by atoms with Crippen molar-refractivity contribution in [1.82, 2.24) is 25.0 Å². The molecule has 0 aliphatic carbocycles. The lowest BCUT2D eigenvalue weighted by atomic mass is 9.97. The Morgan fingerprint density at radius 2 is 1.93 bits per heavy atom. The molecule has 29 heavy (non-hydrogen) atoms. The van der Waals surface area contributed by atoms with Gasteiger partial charge in [0.25, 0.3) is 0 Å². The number of hydrogen-bond acceptors (Lipinski definition) is 4. The molecule has 0 unspecified atom stereocenters. The van der Waals surface area contributed by atoms with Crippen LogP contribution in [0.25, 0.3) is 33.4 Å². The van der Waals surface area contributed by atoms with Crippen LogP contribution in [0, 0.1) is 5.82 Å². The molecule has 1 aromatic carbocycles. The van der Waals surface area contributed by atoms with E-state index in [1.165, 1.54) is 16.8 Å². The number of halogens is 4. The van der Waals surface area contributed by atoms with Crippen molar-refractivity contribution in [1.29, 1.82) is 0 Å². The molecule has 4 aromatic rings. The SMILES string of the molecule is Fc1ccc(-c2nn3c(c2-c2ccnc4[nH]ncc24)CO[C@@H](C(F)(F)F)C3)cc1. The number of ether oxygens (including phenoxy) is 1. The first kappa shape index (κ1) is 17.8. The van der Waals surface area contributed by atoms with E-state index in [0.29, 0.717) is 39.1 Å². The van der Waals surface area contributed by atoms with Gasteiger partial charge < -0.3 is 4.74 Å². The highest BCUT2D eigenvalue weighted by Crippen LogP contribution is 2.40. The second kappa shape index (κ2) is 6.38. The molecule has 0 bridgehead atoms. The van der Waals surface area contributed by atoms with Gasteiger partial charge in [-0.25, -0.2) is 9.37 Å². The molecular formula is C19H13F4N5O. The number of aromatic amines is 1. The monoisotopic (exact) mass is 403 g/mol. The molecule has 0 spiro atoms. The highest BCUT2D eigenvalue weighted by Gasteiger charge is 2.44. The van der Waals surface area contributed by atoms with E-state index in [-0.39, 0.29) is 6.61 Å². The van der Waals surface area contributed by atoms with Crippen molar-refractivity contribution in [3.8, 4) is 22.4 Å². The van der Waals surface area contributed by atoms with Gasteiger partial charge in [-0.15, -0.1) is 0 Å². The number of benzene rings is 1. The maximum atomic E-state index is 13.4. The van der Waals surface area contributed by atoms with E-state index in [2.05, 4.69) is 20.3 Å². The van der Waals surface area contributed by atoms with Crippen LogP contribution in [0.15, 0.2) is 42.7 Å². The fraction of sp³-hybridized carbons (Fsp3) is 0.211. The van der Waals surface area contributed by atoms with Crippen LogP contribution in [0.2, 0.25) is 0 Å². The first-order valence-electron chi connectivity index (χ1n) is 8.74. The average Bonchev–Trinajstić information content (AvgIpc) is 3.31. The van der Waals surface area contributed by atoms with E-state index in [4.69, 9.17) is 4.74 Å². The first-order valence-corrected chi connectivity index (χ1v) is 8.74. The van der Waals surface area contributed by atoms with E-state index in [0.717, 1.165) is 0 Å². The third-order valence-corrected chi connectivity index (χ3v) is 4.92. The number of nitrogens with zero attached hydrogens (tertiary/aromatic N) is 4. The van der Waals surface area contributed by atoms with Crippen molar-refractivity contribution >= 4 is 11.0 Å². The molecule has 0 radical (unpaired) electrons. The summed E-state index contributed by atoms with van der Waals surface area (Å²) in [5, 5.41) is 11.9. The normalized spacial score (nSPS) is 16.9. The first-order chi connectivity index (χ1) is 13.9. The zero-order valence-electron chi connectivity index (χ0n) is 14.7. The van der Waals surface area contributed by atoms with Crippen molar-refractivity contribution in [3.63, 3.8) is 0 Å². The summed E-state index contributed by atoms with van der Waals surface area (Å²) in [6.45, 7) is -0.706. The van der Waals surface area contributed by atoms with Crippen LogP contribution in [-0.4, -0.2) is 37.2 Å². The largest absolute Gasteiger partial charge is 0.416 e. The summed E-state index contributed by atoms with van der Waals surface area (Å²) < 4.78 is 59.4. The topological polar surface area (TPSA) is 68.6 Å². The standard InChI is InChI=1S/C19H13F4N5O/c20-11-3-1-10(2-4-11)17-16(12-5-6-24-18-13(12)7-25-26-18)14-9-29-15(19(21,22)23)8-28(14)27-17/h1-7,15H,8-9H2,(H,24,25,26)/t15-/m1/s1. The van der Waals surface area contributed by atoms with Crippen molar-refractivity contribution in [3.05, 3.63) is 54.2 Å². The molecule has 0 fully saturated rings. The molecule has 0 saturated carbocycles. The van der Waals surface area contributed by atoms with Gasteiger partial charge in [-0.1, -0.05) is 0 Å². The molecular weight excluding hydrogens is 390 g/mol. The van der Waals surface area contributed by atoms with Gasteiger partial charge in [0.05, 0.1) is 25.0 Å². The van der Waals surface area contributed by atoms with Crippen LogP contribution in [-0.2, 0) is 17.9 Å². The summed E-state index contributed by atoms with van der Waals surface area (Å²) in [6.07, 6.45) is -3.25. The number of rotatable bonds is 2. The number of fused-ring (bicyclic) bond motifs is 2. The summed E-state index contributed by atoms with van der Waals surface area (Å²) in [5.74, 6) is -0.416. The van der Waals surface area contributed by atoms with Gasteiger partial charge in [-0.3, -0.25) is 9.78 Å². The van der Waals surface area contributed by atoms with E-state index >= 15 is 0 Å². The second-order valence-corrected chi connectivity index (χ2v) is 6.69. The molecule has 0 saturated heterocycles. The van der Waals surface area contributed by atoms with E-state index in [1.54, 1.807) is 30.6 Å². The minimum absolute atomic E-state index is 0.255. The van der Waals surface area contributed by atoms with Gasteiger partial charge in [0, 0.05) is 22.7 Å². The Labute approximate surface area is 161 Å². The van der Waals surface area contributed by atoms with Gasteiger partial charge >= 0.3 is 6.18 Å². The van der Waals surface area contributed by atoms with E-state index in [1.807, 2.05) is 0 Å². The number of pyridine rings is 1. The molecule has 1 atom stereocenters. The zero-order valence-corrected chi connectivity index (χ0v) is 14.7. The number of alkyl halides is 3. The summed E-state index contributed by atoms with van der Waals surface area (Å²) >= 11 is 0. The predicted octanol–water partition coefficient (Wildman–Crippen LogP) is 4.09. The minimum Gasteiger partial charge on any atom is -0.360 e. The molecule has 1 aliphatic rings. The Balaban J connectivity index is 1.74. The third-order valence-electron chi connectivity index (χ3n) is 4.92. The third kappa shape index (κ3) is 2.96. The Hall–Kier alpha value is -3.27. The highest BCUT2D eigenvalue weighted by molar-refractivity contribution is 5.97. The Morgan fingerprint density at radius 1 is 1.14 bits per heavy atom. The quantitative estimate of drug-likeness (QED) is 0.512. The van der Waals surface area contributed by atoms with Crippen LogP contribution < -0.4 is 0 Å². The lowest BCUT2D eigenvalue weighted by Crippen LogP contribution is -2.39. The fourth-order valence-corrected chi connectivity index (χ4v) is 3.54. The number of hydrogen-bond donors (Lipinski definition) is 1. The molecule has 3 aromatic heterocycles. The Kier molecular flexibility index (Phi) is 3.91. The zero-order chi connectivity index (χ0) is 20.2. The van der Waals surface area contributed by atoms with Gasteiger partial charge in [0.1, 0.15) is 11.5 Å². The Morgan fingerprint density at radius 3 is 2.69 bits per heavy atom. The van der Waals surface area contributed by atoms with E-state index < -0.39 is 24.6 Å². The molecule has 4 heterocycles. The van der Waals surface area contributed by atoms with Gasteiger partial charge in [0.2, 0.25) is 0 Å². The maximum absolute atomic E-state index is 13.4. The lowest BCUT2D eigenvalue weighted by Gasteiger charge is -2.26. The van der Waals surface area contributed by atoms with Gasteiger partial charge in [-0.2, -0.15) is 23.4 Å². The minimum atomic E-state index is -4.49. The highest BCUT2D eigenvalue weighted by atomic mass is 19.4. The second-order valence-electron chi connectivity index (χ2n) is 6.69. The smallest absolute Gasteiger partial charge is 0.360 e. The fourth-order valence-electron chi connectivity index (χ4n) is 3.54. The molecule has 1 N–H and O–H groups in total.